The lowest BCUT2D eigenvalue weighted by Crippen LogP contribution is -2.14. The largest absolute Gasteiger partial charge is 0.320 e. The summed E-state index contributed by atoms with van der Waals surface area (Å²) in [5.74, 6) is -0.532. The number of nitrogens with one attached hydrogen (secondary N) is 1. The van der Waals surface area contributed by atoms with Crippen LogP contribution in [0.4, 0.5) is 5.69 Å². The van der Waals surface area contributed by atoms with Crippen molar-refractivity contribution >= 4 is 44.6 Å². The minimum absolute atomic E-state index is 0.0750. The third-order valence-electron chi connectivity index (χ3n) is 2.02. The van der Waals surface area contributed by atoms with Gasteiger partial charge in [-0.05, 0) is 29.8 Å². The quantitative estimate of drug-likeness (QED) is 0.879. The van der Waals surface area contributed by atoms with Crippen molar-refractivity contribution in [1.82, 2.24) is 10.2 Å². The number of benzene rings is 1. The summed E-state index contributed by atoms with van der Waals surface area (Å²) in [6.07, 6.45) is 0. The van der Waals surface area contributed by atoms with E-state index in [4.69, 9.17) is 16.7 Å². The summed E-state index contributed by atoms with van der Waals surface area (Å²) in [6, 6.07) is 5.56. The zero-order valence-electron chi connectivity index (χ0n) is 9.20. The lowest BCUT2D eigenvalue weighted by atomic mass is 10.3. The Balaban J connectivity index is 2.22. The van der Waals surface area contributed by atoms with Crippen molar-refractivity contribution in [3.05, 3.63) is 33.7 Å². The van der Waals surface area contributed by atoms with Gasteiger partial charge in [0.15, 0.2) is 0 Å². The number of nitrogens with zero attached hydrogens (tertiary/aromatic N) is 2. The molecule has 0 atom stereocenters. The van der Waals surface area contributed by atoms with Gasteiger partial charge in [-0.2, -0.15) is 0 Å². The predicted molar refractivity (Wildman–Crippen MR) is 70.7 cm³/mol. The van der Waals surface area contributed by atoms with E-state index in [-0.39, 0.29) is 20.1 Å². The van der Waals surface area contributed by atoms with Crippen LogP contribution in [0.5, 0.6) is 0 Å². The summed E-state index contributed by atoms with van der Waals surface area (Å²) in [7, 11) is -3.82. The number of hydrogen-bond acceptors (Lipinski definition) is 6. The Labute approximate surface area is 117 Å². The van der Waals surface area contributed by atoms with Crippen molar-refractivity contribution in [2.45, 2.75) is 4.90 Å². The summed E-state index contributed by atoms with van der Waals surface area (Å²) in [5, 5.41) is 14.6. The first-order chi connectivity index (χ1) is 8.86. The Kier molecular flexibility index (Phi) is 3.80. The molecule has 0 saturated heterocycles. The van der Waals surface area contributed by atoms with Crippen LogP contribution in [-0.2, 0) is 10.0 Å². The molecule has 0 aliphatic heterocycles. The van der Waals surface area contributed by atoms with Crippen LogP contribution < -0.4 is 10.5 Å². The van der Waals surface area contributed by atoms with E-state index in [0.717, 1.165) is 11.3 Å². The third-order valence-corrected chi connectivity index (χ3v) is 3.94. The van der Waals surface area contributed by atoms with Crippen LogP contribution in [0.3, 0.4) is 0 Å². The van der Waals surface area contributed by atoms with Gasteiger partial charge in [0, 0.05) is 5.69 Å². The number of rotatable bonds is 3. The maximum absolute atomic E-state index is 11.7. The molecule has 0 aliphatic carbocycles. The number of halogens is 1. The number of amides is 1. The monoisotopic (exact) mass is 318 g/mol. The van der Waals surface area contributed by atoms with E-state index in [1.165, 1.54) is 24.3 Å². The molecule has 0 spiro atoms. The van der Waals surface area contributed by atoms with Crippen molar-refractivity contribution in [2.24, 2.45) is 5.14 Å². The molecule has 0 bridgehead atoms. The standard InChI is InChI=1S/C9H7ClN4O3S2/c10-9-14-13-8(18-9)7(15)12-5-2-1-3-6(4-5)19(11,16)17/h1-4H,(H,12,15)(H2,11,16,17). The van der Waals surface area contributed by atoms with Crippen LogP contribution >= 0.6 is 22.9 Å². The SMILES string of the molecule is NS(=O)(=O)c1cccc(NC(=O)c2nnc(Cl)s2)c1. The Bertz CT molecular complexity index is 729. The van der Waals surface area contributed by atoms with E-state index >= 15 is 0 Å². The molecule has 100 valence electrons. The second-order valence-electron chi connectivity index (χ2n) is 3.39. The maximum atomic E-state index is 11.7. The number of anilines is 1. The van der Waals surface area contributed by atoms with Gasteiger partial charge in [0.05, 0.1) is 4.90 Å². The minimum atomic E-state index is -3.82. The van der Waals surface area contributed by atoms with Crippen LogP contribution in [0.15, 0.2) is 29.2 Å². The fourth-order valence-electron chi connectivity index (χ4n) is 1.23. The summed E-state index contributed by atoms with van der Waals surface area (Å²) < 4.78 is 22.5. The lowest BCUT2D eigenvalue weighted by Gasteiger charge is -2.04. The predicted octanol–water partition coefficient (Wildman–Crippen LogP) is 1.09. The van der Waals surface area contributed by atoms with Gasteiger partial charge >= 0.3 is 0 Å². The van der Waals surface area contributed by atoms with Gasteiger partial charge in [0.2, 0.25) is 19.5 Å². The van der Waals surface area contributed by atoms with Crippen molar-refractivity contribution < 1.29 is 13.2 Å². The van der Waals surface area contributed by atoms with Crippen LogP contribution in [0.1, 0.15) is 9.80 Å². The molecular formula is C9H7ClN4O3S2. The highest BCUT2D eigenvalue weighted by Crippen LogP contribution is 2.18. The number of nitrogens with two attached hydrogens (primary N) is 1. The first-order valence-corrected chi connectivity index (χ1v) is 7.53. The second-order valence-corrected chi connectivity index (χ2v) is 6.51. The molecule has 2 rings (SSSR count). The molecule has 1 amide bonds. The highest BCUT2D eigenvalue weighted by molar-refractivity contribution is 7.89. The van der Waals surface area contributed by atoms with Gasteiger partial charge < -0.3 is 5.32 Å². The van der Waals surface area contributed by atoms with Crippen molar-refractivity contribution in [3.8, 4) is 0 Å². The van der Waals surface area contributed by atoms with Crippen LogP contribution in [-0.4, -0.2) is 24.5 Å². The zero-order valence-corrected chi connectivity index (χ0v) is 11.6. The van der Waals surface area contributed by atoms with Gasteiger partial charge in [0.1, 0.15) is 0 Å². The minimum Gasteiger partial charge on any atom is -0.320 e. The van der Waals surface area contributed by atoms with E-state index in [1.54, 1.807) is 0 Å². The van der Waals surface area contributed by atoms with Gasteiger partial charge in [-0.25, -0.2) is 13.6 Å². The number of primary sulfonamides is 1. The van der Waals surface area contributed by atoms with Gasteiger partial charge in [-0.15, -0.1) is 10.2 Å². The summed E-state index contributed by atoms with van der Waals surface area (Å²) >= 11 is 6.47. The Hall–Kier alpha value is -1.55. The highest BCUT2D eigenvalue weighted by atomic mass is 35.5. The second kappa shape index (κ2) is 5.21. The molecule has 2 aromatic rings. The molecule has 1 aromatic heterocycles. The summed E-state index contributed by atoms with van der Waals surface area (Å²) in [5.41, 5.74) is 0.280. The smallest absolute Gasteiger partial charge is 0.286 e. The van der Waals surface area contributed by atoms with Crippen LogP contribution in [0, 0.1) is 0 Å². The topological polar surface area (TPSA) is 115 Å². The van der Waals surface area contributed by atoms with E-state index in [1.807, 2.05) is 0 Å². The zero-order chi connectivity index (χ0) is 14.0. The molecule has 10 heteroatoms. The normalized spacial score (nSPS) is 11.3. The molecule has 7 nitrogen and oxygen atoms in total. The highest BCUT2D eigenvalue weighted by Gasteiger charge is 2.14. The maximum Gasteiger partial charge on any atom is 0.286 e. The molecule has 1 aromatic carbocycles. The van der Waals surface area contributed by atoms with Crippen molar-refractivity contribution in [1.29, 1.82) is 0 Å². The molecular weight excluding hydrogens is 312 g/mol. The number of sulfonamides is 1. The number of carbonyl (C=O) groups excluding carboxylic acids is 1. The lowest BCUT2D eigenvalue weighted by molar-refractivity contribution is 0.102. The van der Waals surface area contributed by atoms with Crippen LogP contribution in [0.25, 0.3) is 0 Å². The van der Waals surface area contributed by atoms with Crippen LogP contribution in [0.2, 0.25) is 4.47 Å². The van der Waals surface area contributed by atoms with E-state index in [0.29, 0.717) is 0 Å². The Morgan fingerprint density at radius 3 is 2.68 bits per heavy atom. The fraction of sp³-hybridized carbons (Fsp3) is 0. The summed E-state index contributed by atoms with van der Waals surface area (Å²) in [4.78, 5) is 11.6. The van der Waals surface area contributed by atoms with E-state index in [2.05, 4.69) is 15.5 Å². The number of carbonyl (C=O) groups is 1. The van der Waals surface area contributed by atoms with Gasteiger partial charge in [-0.3, -0.25) is 4.79 Å². The molecule has 0 fully saturated rings. The number of hydrogen-bond donors (Lipinski definition) is 2. The molecule has 0 aliphatic rings. The molecule has 0 unspecified atom stereocenters. The first kappa shape index (κ1) is 13.9. The fourth-order valence-corrected chi connectivity index (χ4v) is 2.52. The van der Waals surface area contributed by atoms with E-state index in [9.17, 15) is 13.2 Å². The first-order valence-electron chi connectivity index (χ1n) is 4.79. The average molecular weight is 319 g/mol. The third kappa shape index (κ3) is 3.47. The molecule has 0 radical (unpaired) electrons. The van der Waals surface area contributed by atoms with Crippen molar-refractivity contribution in [3.63, 3.8) is 0 Å². The van der Waals surface area contributed by atoms with Gasteiger partial charge in [0.25, 0.3) is 5.91 Å². The van der Waals surface area contributed by atoms with E-state index < -0.39 is 15.9 Å². The Morgan fingerprint density at radius 1 is 1.37 bits per heavy atom. The Morgan fingerprint density at radius 2 is 2.11 bits per heavy atom. The molecule has 0 saturated carbocycles. The van der Waals surface area contributed by atoms with Gasteiger partial charge in [-0.1, -0.05) is 17.4 Å². The molecule has 1 heterocycles. The molecule has 19 heavy (non-hydrogen) atoms. The molecule has 3 N–H and O–H groups in total. The number of aromatic nitrogens is 2. The van der Waals surface area contributed by atoms with Crippen molar-refractivity contribution in [2.75, 3.05) is 5.32 Å². The summed E-state index contributed by atoms with van der Waals surface area (Å²) in [6.45, 7) is 0. The average Bonchev–Trinajstić information content (AvgIpc) is 2.75.